The Hall–Kier alpha value is -0.760. The number of hydrogen-bond acceptors (Lipinski definition) is 2. The number of aliphatic hydroxyl groups excluding tert-OH is 1. The Morgan fingerprint density at radius 1 is 1.67 bits per heavy atom. The van der Waals surface area contributed by atoms with Crippen molar-refractivity contribution in [3.63, 3.8) is 0 Å². The van der Waals surface area contributed by atoms with Crippen LogP contribution in [0.3, 0.4) is 0 Å². The van der Waals surface area contributed by atoms with E-state index in [1.807, 2.05) is 13.0 Å². The van der Waals surface area contributed by atoms with Gasteiger partial charge in [0.1, 0.15) is 0 Å². The minimum absolute atomic E-state index is 0.171. The second-order valence-corrected chi connectivity index (χ2v) is 3.85. The lowest BCUT2D eigenvalue weighted by Crippen LogP contribution is -2.20. The molecule has 0 saturated heterocycles. The first-order valence-corrected chi connectivity index (χ1v) is 4.42. The van der Waals surface area contributed by atoms with Gasteiger partial charge in [-0.05, 0) is 37.8 Å². The molecule has 1 saturated carbocycles. The SMILES string of the molecule is CC(O)C1(Cc2ccoc2)CC1. The van der Waals surface area contributed by atoms with Gasteiger partial charge in [-0.25, -0.2) is 0 Å². The molecule has 1 N–H and O–H groups in total. The molecular weight excluding hydrogens is 152 g/mol. The molecule has 1 aromatic rings. The predicted octanol–water partition coefficient (Wildman–Crippen LogP) is 1.98. The first-order valence-electron chi connectivity index (χ1n) is 4.42. The van der Waals surface area contributed by atoms with Gasteiger partial charge in [-0.3, -0.25) is 0 Å². The molecule has 1 fully saturated rings. The van der Waals surface area contributed by atoms with Gasteiger partial charge < -0.3 is 9.52 Å². The Bertz CT molecular complexity index is 245. The van der Waals surface area contributed by atoms with Gasteiger partial charge in [-0.1, -0.05) is 0 Å². The third-order valence-electron chi connectivity index (χ3n) is 2.91. The maximum atomic E-state index is 9.51. The Kier molecular flexibility index (Phi) is 1.72. The highest BCUT2D eigenvalue weighted by Gasteiger charge is 2.46. The van der Waals surface area contributed by atoms with E-state index in [-0.39, 0.29) is 11.5 Å². The molecule has 1 unspecified atom stereocenters. The lowest BCUT2D eigenvalue weighted by atomic mass is 9.93. The molecule has 0 aromatic carbocycles. The Balaban J connectivity index is 2.04. The molecule has 2 nitrogen and oxygen atoms in total. The fourth-order valence-corrected chi connectivity index (χ4v) is 1.70. The van der Waals surface area contributed by atoms with Crippen molar-refractivity contribution in [2.75, 3.05) is 0 Å². The molecule has 66 valence electrons. The highest BCUT2D eigenvalue weighted by atomic mass is 16.3. The average molecular weight is 166 g/mol. The highest BCUT2D eigenvalue weighted by molar-refractivity contribution is 5.13. The lowest BCUT2D eigenvalue weighted by molar-refractivity contribution is 0.110. The molecule has 0 spiro atoms. The van der Waals surface area contributed by atoms with E-state index in [9.17, 15) is 5.11 Å². The van der Waals surface area contributed by atoms with Crippen LogP contribution >= 0.6 is 0 Å². The van der Waals surface area contributed by atoms with E-state index in [0.717, 1.165) is 19.3 Å². The number of aliphatic hydroxyl groups is 1. The Labute approximate surface area is 72.2 Å². The zero-order valence-corrected chi connectivity index (χ0v) is 7.29. The molecule has 0 radical (unpaired) electrons. The smallest absolute Gasteiger partial charge is 0.0934 e. The van der Waals surface area contributed by atoms with Crippen molar-refractivity contribution >= 4 is 0 Å². The molecule has 0 bridgehead atoms. The number of furan rings is 1. The van der Waals surface area contributed by atoms with Gasteiger partial charge in [0, 0.05) is 5.41 Å². The molecule has 1 atom stereocenters. The van der Waals surface area contributed by atoms with E-state index in [4.69, 9.17) is 4.42 Å². The topological polar surface area (TPSA) is 33.4 Å². The molecule has 12 heavy (non-hydrogen) atoms. The Morgan fingerprint density at radius 3 is 2.83 bits per heavy atom. The van der Waals surface area contributed by atoms with Crippen LogP contribution in [0.4, 0.5) is 0 Å². The maximum absolute atomic E-state index is 9.51. The molecular formula is C10H14O2. The van der Waals surface area contributed by atoms with Crippen LogP contribution in [0.5, 0.6) is 0 Å². The second-order valence-electron chi connectivity index (χ2n) is 3.85. The van der Waals surface area contributed by atoms with Gasteiger partial charge in [-0.2, -0.15) is 0 Å². The summed E-state index contributed by atoms with van der Waals surface area (Å²) in [4.78, 5) is 0. The van der Waals surface area contributed by atoms with Gasteiger partial charge in [0.05, 0.1) is 18.6 Å². The van der Waals surface area contributed by atoms with E-state index in [1.54, 1.807) is 12.5 Å². The zero-order valence-electron chi connectivity index (χ0n) is 7.29. The summed E-state index contributed by atoms with van der Waals surface area (Å²) in [5.41, 5.74) is 1.37. The van der Waals surface area contributed by atoms with E-state index in [0.29, 0.717) is 0 Å². The van der Waals surface area contributed by atoms with Crippen LogP contribution in [0, 0.1) is 5.41 Å². The van der Waals surface area contributed by atoms with E-state index >= 15 is 0 Å². The molecule has 0 amide bonds. The van der Waals surface area contributed by atoms with Gasteiger partial charge in [0.25, 0.3) is 0 Å². The van der Waals surface area contributed by atoms with Crippen LogP contribution in [0.2, 0.25) is 0 Å². The molecule has 2 heteroatoms. The minimum Gasteiger partial charge on any atom is -0.472 e. The van der Waals surface area contributed by atoms with Crippen molar-refractivity contribution in [1.29, 1.82) is 0 Å². The van der Waals surface area contributed by atoms with Crippen molar-refractivity contribution in [2.24, 2.45) is 5.41 Å². The van der Waals surface area contributed by atoms with Gasteiger partial charge in [-0.15, -0.1) is 0 Å². The fourth-order valence-electron chi connectivity index (χ4n) is 1.70. The molecule has 1 heterocycles. The summed E-state index contributed by atoms with van der Waals surface area (Å²) in [6.45, 7) is 1.88. The monoisotopic (exact) mass is 166 g/mol. The normalized spacial score (nSPS) is 22.2. The largest absolute Gasteiger partial charge is 0.472 e. The summed E-state index contributed by atoms with van der Waals surface area (Å²) in [6, 6.07) is 1.97. The molecule has 2 rings (SSSR count). The summed E-state index contributed by atoms with van der Waals surface area (Å²) in [7, 11) is 0. The van der Waals surface area contributed by atoms with Gasteiger partial charge in [0.2, 0.25) is 0 Å². The maximum Gasteiger partial charge on any atom is 0.0934 e. The number of hydrogen-bond donors (Lipinski definition) is 1. The zero-order chi connectivity index (χ0) is 8.60. The fraction of sp³-hybridized carbons (Fsp3) is 0.600. The van der Waals surface area contributed by atoms with Gasteiger partial charge in [0.15, 0.2) is 0 Å². The summed E-state index contributed by atoms with van der Waals surface area (Å²) < 4.78 is 4.99. The first-order chi connectivity index (χ1) is 5.73. The van der Waals surface area contributed by atoms with E-state index < -0.39 is 0 Å². The molecule has 1 aromatic heterocycles. The van der Waals surface area contributed by atoms with E-state index in [1.165, 1.54) is 5.56 Å². The molecule has 1 aliphatic carbocycles. The summed E-state index contributed by atoms with van der Waals surface area (Å²) >= 11 is 0. The third kappa shape index (κ3) is 1.27. The summed E-state index contributed by atoms with van der Waals surface area (Å²) in [6.07, 6.45) is 6.52. The highest BCUT2D eigenvalue weighted by Crippen LogP contribution is 2.51. The quantitative estimate of drug-likeness (QED) is 0.744. The van der Waals surface area contributed by atoms with Crippen molar-refractivity contribution in [2.45, 2.75) is 32.3 Å². The van der Waals surface area contributed by atoms with Crippen LogP contribution in [0.1, 0.15) is 25.3 Å². The van der Waals surface area contributed by atoms with Crippen LogP contribution in [-0.4, -0.2) is 11.2 Å². The average Bonchev–Trinajstić information content (AvgIpc) is 2.60. The van der Waals surface area contributed by atoms with Crippen LogP contribution in [0.15, 0.2) is 23.0 Å². The van der Waals surface area contributed by atoms with Crippen LogP contribution in [0.25, 0.3) is 0 Å². The predicted molar refractivity (Wildman–Crippen MR) is 45.8 cm³/mol. The standard InChI is InChI=1S/C10H14O2/c1-8(11)10(3-4-10)6-9-2-5-12-7-9/h2,5,7-8,11H,3-4,6H2,1H3. The first kappa shape index (κ1) is 7.87. The van der Waals surface area contributed by atoms with E-state index in [2.05, 4.69) is 0 Å². The molecule has 1 aliphatic rings. The van der Waals surface area contributed by atoms with Gasteiger partial charge >= 0.3 is 0 Å². The van der Waals surface area contributed by atoms with Crippen LogP contribution in [-0.2, 0) is 6.42 Å². The minimum atomic E-state index is -0.188. The van der Waals surface area contributed by atoms with Crippen molar-refractivity contribution < 1.29 is 9.52 Å². The summed E-state index contributed by atoms with van der Waals surface area (Å²) in [5, 5.41) is 9.51. The second kappa shape index (κ2) is 2.63. The van der Waals surface area contributed by atoms with Crippen LogP contribution < -0.4 is 0 Å². The lowest BCUT2D eigenvalue weighted by Gasteiger charge is -2.16. The third-order valence-corrected chi connectivity index (χ3v) is 2.91. The van der Waals surface area contributed by atoms with Crippen molar-refractivity contribution in [3.8, 4) is 0 Å². The Morgan fingerprint density at radius 2 is 2.42 bits per heavy atom. The van der Waals surface area contributed by atoms with Crippen molar-refractivity contribution in [1.82, 2.24) is 0 Å². The number of rotatable bonds is 3. The van der Waals surface area contributed by atoms with Crippen molar-refractivity contribution in [3.05, 3.63) is 24.2 Å². The summed E-state index contributed by atoms with van der Waals surface area (Å²) in [5.74, 6) is 0. The molecule has 0 aliphatic heterocycles.